The van der Waals surface area contributed by atoms with Crippen molar-refractivity contribution in [3.05, 3.63) is 35.6 Å². The predicted octanol–water partition coefficient (Wildman–Crippen LogP) is 0.689. The van der Waals surface area contributed by atoms with E-state index in [0.717, 1.165) is 0 Å². The molecule has 0 radical (unpaired) electrons. The average molecular weight is 280 g/mol. The van der Waals surface area contributed by atoms with Crippen molar-refractivity contribution in [1.29, 1.82) is 0 Å². The standard InChI is InChI=1S/C14H17FN2O3/c1-20-13(18)8-12-14(19)17(7-6-16-12)9-10-4-2-3-5-11(10)15/h2-5,12,16H,6-9H2,1H3. The van der Waals surface area contributed by atoms with Crippen molar-refractivity contribution in [2.75, 3.05) is 20.2 Å². The van der Waals surface area contributed by atoms with Crippen molar-refractivity contribution in [3.8, 4) is 0 Å². The molecule has 1 fully saturated rings. The van der Waals surface area contributed by atoms with Crippen LogP contribution in [0, 0.1) is 5.82 Å². The second-order valence-electron chi connectivity index (χ2n) is 4.64. The SMILES string of the molecule is COC(=O)CC1NCCN(Cc2ccccc2F)C1=O. The van der Waals surface area contributed by atoms with Crippen molar-refractivity contribution < 1.29 is 18.7 Å². The van der Waals surface area contributed by atoms with Crippen LogP contribution in [0.25, 0.3) is 0 Å². The maximum Gasteiger partial charge on any atom is 0.307 e. The zero-order valence-electron chi connectivity index (χ0n) is 11.3. The van der Waals surface area contributed by atoms with E-state index in [1.807, 2.05) is 0 Å². The zero-order chi connectivity index (χ0) is 14.5. The molecule has 2 rings (SSSR count). The highest BCUT2D eigenvalue weighted by Crippen LogP contribution is 2.13. The molecule has 1 aliphatic heterocycles. The van der Waals surface area contributed by atoms with Crippen molar-refractivity contribution in [2.45, 2.75) is 19.0 Å². The second kappa shape index (κ2) is 6.47. The Morgan fingerprint density at radius 2 is 2.25 bits per heavy atom. The fraction of sp³-hybridized carbons (Fsp3) is 0.429. The van der Waals surface area contributed by atoms with Gasteiger partial charge in [-0.25, -0.2) is 4.39 Å². The maximum absolute atomic E-state index is 13.6. The number of piperazine rings is 1. The minimum Gasteiger partial charge on any atom is -0.469 e. The number of esters is 1. The summed E-state index contributed by atoms with van der Waals surface area (Å²) in [5.41, 5.74) is 0.472. The molecule has 1 unspecified atom stereocenters. The van der Waals surface area contributed by atoms with Gasteiger partial charge < -0.3 is 15.0 Å². The Balaban J connectivity index is 2.03. The third kappa shape index (κ3) is 3.33. The van der Waals surface area contributed by atoms with E-state index < -0.39 is 12.0 Å². The van der Waals surface area contributed by atoms with E-state index in [0.29, 0.717) is 18.7 Å². The number of rotatable bonds is 4. The lowest BCUT2D eigenvalue weighted by molar-refractivity contribution is -0.146. The van der Waals surface area contributed by atoms with E-state index in [9.17, 15) is 14.0 Å². The van der Waals surface area contributed by atoms with Crippen LogP contribution in [0.15, 0.2) is 24.3 Å². The smallest absolute Gasteiger partial charge is 0.307 e. The first kappa shape index (κ1) is 14.5. The van der Waals surface area contributed by atoms with Gasteiger partial charge in [-0.1, -0.05) is 18.2 Å². The Hall–Kier alpha value is -1.95. The molecule has 0 bridgehead atoms. The van der Waals surface area contributed by atoms with Crippen LogP contribution in [-0.2, 0) is 20.9 Å². The van der Waals surface area contributed by atoms with Crippen LogP contribution in [0.4, 0.5) is 4.39 Å². The second-order valence-corrected chi connectivity index (χ2v) is 4.64. The summed E-state index contributed by atoms with van der Waals surface area (Å²) in [6.45, 7) is 1.28. The molecule has 1 aromatic rings. The van der Waals surface area contributed by atoms with Gasteiger partial charge in [0.25, 0.3) is 0 Å². The van der Waals surface area contributed by atoms with Crippen molar-refractivity contribution >= 4 is 11.9 Å². The topological polar surface area (TPSA) is 58.6 Å². The minimum atomic E-state index is -0.594. The number of hydrogen-bond acceptors (Lipinski definition) is 4. The van der Waals surface area contributed by atoms with Gasteiger partial charge in [0.1, 0.15) is 5.82 Å². The molecule has 20 heavy (non-hydrogen) atoms. The number of ether oxygens (including phenoxy) is 1. The molecule has 5 nitrogen and oxygen atoms in total. The molecule has 1 atom stereocenters. The number of amides is 1. The van der Waals surface area contributed by atoms with Crippen LogP contribution >= 0.6 is 0 Å². The van der Waals surface area contributed by atoms with Gasteiger partial charge in [0, 0.05) is 25.2 Å². The van der Waals surface area contributed by atoms with Gasteiger partial charge in [-0.15, -0.1) is 0 Å². The van der Waals surface area contributed by atoms with Gasteiger partial charge in [-0.3, -0.25) is 9.59 Å². The molecular weight excluding hydrogens is 263 g/mol. The van der Waals surface area contributed by atoms with Gasteiger partial charge in [0.2, 0.25) is 5.91 Å². The lowest BCUT2D eigenvalue weighted by atomic mass is 10.1. The van der Waals surface area contributed by atoms with Crippen LogP contribution in [-0.4, -0.2) is 43.0 Å². The molecule has 1 aromatic carbocycles. The highest BCUT2D eigenvalue weighted by molar-refractivity contribution is 5.87. The number of carbonyl (C=O) groups excluding carboxylic acids is 2. The van der Waals surface area contributed by atoms with Crippen molar-refractivity contribution in [2.24, 2.45) is 0 Å². The van der Waals surface area contributed by atoms with Crippen LogP contribution in [0.2, 0.25) is 0 Å². The van der Waals surface area contributed by atoms with E-state index >= 15 is 0 Å². The summed E-state index contributed by atoms with van der Waals surface area (Å²) in [5.74, 6) is -0.975. The first-order valence-electron chi connectivity index (χ1n) is 6.44. The van der Waals surface area contributed by atoms with Crippen molar-refractivity contribution in [3.63, 3.8) is 0 Å². The van der Waals surface area contributed by atoms with Crippen LogP contribution in [0.3, 0.4) is 0 Å². The summed E-state index contributed by atoms with van der Waals surface area (Å²) in [6.07, 6.45) is -0.0108. The van der Waals surface area contributed by atoms with E-state index in [2.05, 4.69) is 10.1 Å². The van der Waals surface area contributed by atoms with Crippen LogP contribution in [0.1, 0.15) is 12.0 Å². The number of methoxy groups -OCH3 is 1. The van der Waals surface area contributed by atoms with E-state index in [1.165, 1.54) is 13.2 Å². The van der Waals surface area contributed by atoms with Gasteiger partial charge in [-0.2, -0.15) is 0 Å². The van der Waals surface area contributed by atoms with Crippen LogP contribution in [0.5, 0.6) is 0 Å². The summed E-state index contributed by atoms with van der Waals surface area (Å²) < 4.78 is 18.2. The summed E-state index contributed by atoms with van der Waals surface area (Å²) in [5, 5.41) is 2.98. The number of halogens is 1. The molecule has 108 valence electrons. The number of hydrogen-bond donors (Lipinski definition) is 1. The quantitative estimate of drug-likeness (QED) is 0.824. The monoisotopic (exact) mass is 280 g/mol. The summed E-state index contributed by atoms with van der Waals surface area (Å²) in [6, 6.07) is 5.77. The number of nitrogens with zero attached hydrogens (tertiary/aromatic N) is 1. The van der Waals surface area contributed by atoms with Gasteiger partial charge in [-0.05, 0) is 6.07 Å². The first-order chi connectivity index (χ1) is 9.61. The fourth-order valence-corrected chi connectivity index (χ4v) is 2.19. The lowest BCUT2D eigenvalue weighted by Gasteiger charge is -2.32. The highest BCUT2D eigenvalue weighted by Gasteiger charge is 2.30. The summed E-state index contributed by atoms with van der Waals surface area (Å²) in [7, 11) is 1.28. The molecule has 1 heterocycles. The van der Waals surface area contributed by atoms with Gasteiger partial charge in [0.05, 0.1) is 19.6 Å². The summed E-state index contributed by atoms with van der Waals surface area (Å²) in [4.78, 5) is 25.0. The summed E-state index contributed by atoms with van der Waals surface area (Å²) >= 11 is 0. The highest BCUT2D eigenvalue weighted by atomic mass is 19.1. The molecule has 1 aliphatic rings. The molecule has 0 spiro atoms. The maximum atomic E-state index is 13.6. The molecule has 1 amide bonds. The number of benzene rings is 1. The Kier molecular flexibility index (Phi) is 4.68. The van der Waals surface area contributed by atoms with Crippen LogP contribution < -0.4 is 5.32 Å². The Morgan fingerprint density at radius 1 is 1.50 bits per heavy atom. The Labute approximate surface area is 116 Å². The van der Waals surface area contributed by atoms with E-state index in [-0.39, 0.29) is 24.7 Å². The van der Waals surface area contributed by atoms with Gasteiger partial charge >= 0.3 is 5.97 Å². The molecular formula is C14H17FN2O3. The predicted molar refractivity (Wildman–Crippen MR) is 70.2 cm³/mol. The molecule has 0 aliphatic carbocycles. The molecule has 1 saturated heterocycles. The van der Waals surface area contributed by atoms with E-state index in [1.54, 1.807) is 23.1 Å². The van der Waals surface area contributed by atoms with E-state index in [4.69, 9.17) is 0 Å². The zero-order valence-corrected chi connectivity index (χ0v) is 11.3. The normalized spacial score (nSPS) is 19.0. The minimum absolute atomic E-state index is 0.0108. The van der Waals surface area contributed by atoms with Gasteiger partial charge in [0.15, 0.2) is 0 Å². The fourth-order valence-electron chi connectivity index (χ4n) is 2.19. The number of carbonyl (C=O) groups is 2. The lowest BCUT2D eigenvalue weighted by Crippen LogP contribution is -2.55. The molecule has 6 heteroatoms. The molecule has 0 saturated carbocycles. The largest absolute Gasteiger partial charge is 0.469 e. The number of nitrogens with one attached hydrogen (secondary N) is 1. The average Bonchev–Trinajstić information content (AvgIpc) is 2.45. The Bertz CT molecular complexity index is 507. The van der Waals surface area contributed by atoms with Crippen molar-refractivity contribution in [1.82, 2.24) is 10.2 Å². The third-order valence-corrected chi connectivity index (χ3v) is 3.30. The molecule has 1 N–H and O–H groups in total. The third-order valence-electron chi connectivity index (χ3n) is 3.30. The Morgan fingerprint density at radius 3 is 2.95 bits per heavy atom. The molecule has 0 aromatic heterocycles. The first-order valence-corrected chi connectivity index (χ1v) is 6.44.